The standard InChI is InChI=1S/C13H15F4NO/c14-10-2-1-9(11(7-10)13(15,16)17)8-12(19)3-5-18-6-4-12/h1-2,7,18-19H,3-6,8H2. The highest BCUT2D eigenvalue weighted by molar-refractivity contribution is 5.31. The van der Waals surface area contributed by atoms with E-state index < -0.39 is 23.2 Å². The van der Waals surface area contributed by atoms with E-state index in [1.54, 1.807) is 0 Å². The summed E-state index contributed by atoms with van der Waals surface area (Å²) in [6.45, 7) is 1.14. The maximum atomic E-state index is 13.0. The molecule has 0 aliphatic carbocycles. The number of alkyl halides is 3. The summed E-state index contributed by atoms with van der Waals surface area (Å²) in [6, 6.07) is 2.59. The Morgan fingerprint density at radius 1 is 1.21 bits per heavy atom. The fourth-order valence-electron chi connectivity index (χ4n) is 2.39. The molecule has 0 saturated carbocycles. The summed E-state index contributed by atoms with van der Waals surface area (Å²) in [7, 11) is 0. The quantitative estimate of drug-likeness (QED) is 0.814. The van der Waals surface area contributed by atoms with Crippen LogP contribution in [-0.4, -0.2) is 23.8 Å². The lowest BCUT2D eigenvalue weighted by molar-refractivity contribution is -0.138. The summed E-state index contributed by atoms with van der Waals surface area (Å²) < 4.78 is 51.5. The Labute approximate surface area is 108 Å². The van der Waals surface area contributed by atoms with Crippen molar-refractivity contribution in [1.29, 1.82) is 0 Å². The zero-order valence-corrected chi connectivity index (χ0v) is 10.2. The molecule has 0 atom stereocenters. The molecule has 6 heteroatoms. The van der Waals surface area contributed by atoms with E-state index in [0.717, 1.165) is 12.1 Å². The minimum atomic E-state index is -4.61. The SMILES string of the molecule is OC1(Cc2ccc(F)cc2C(F)(F)F)CCNCC1. The molecular weight excluding hydrogens is 262 g/mol. The molecule has 1 aliphatic rings. The van der Waals surface area contributed by atoms with Crippen LogP contribution in [0.25, 0.3) is 0 Å². The van der Waals surface area contributed by atoms with Gasteiger partial charge in [-0.05, 0) is 43.6 Å². The second-order valence-corrected chi connectivity index (χ2v) is 4.95. The van der Waals surface area contributed by atoms with Crippen LogP contribution in [0.4, 0.5) is 17.6 Å². The van der Waals surface area contributed by atoms with Crippen molar-refractivity contribution in [2.75, 3.05) is 13.1 Å². The molecule has 0 bridgehead atoms. The molecule has 106 valence electrons. The lowest BCUT2D eigenvalue weighted by Gasteiger charge is -2.33. The highest BCUT2D eigenvalue weighted by Crippen LogP contribution is 2.35. The monoisotopic (exact) mass is 277 g/mol. The van der Waals surface area contributed by atoms with Crippen molar-refractivity contribution >= 4 is 0 Å². The minimum Gasteiger partial charge on any atom is -0.389 e. The maximum Gasteiger partial charge on any atom is 0.416 e. The number of nitrogens with one attached hydrogen (secondary N) is 1. The molecule has 0 spiro atoms. The van der Waals surface area contributed by atoms with Gasteiger partial charge in [-0.1, -0.05) is 6.07 Å². The Kier molecular flexibility index (Phi) is 3.82. The van der Waals surface area contributed by atoms with Gasteiger partial charge in [0.15, 0.2) is 0 Å². The van der Waals surface area contributed by atoms with Crippen LogP contribution in [0.3, 0.4) is 0 Å². The van der Waals surface area contributed by atoms with Gasteiger partial charge in [-0.15, -0.1) is 0 Å². The summed E-state index contributed by atoms with van der Waals surface area (Å²) in [5.74, 6) is -0.923. The molecule has 2 rings (SSSR count). The predicted molar refractivity (Wildman–Crippen MR) is 62.2 cm³/mol. The molecule has 0 unspecified atom stereocenters. The van der Waals surface area contributed by atoms with Gasteiger partial charge in [0, 0.05) is 6.42 Å². The zero-order chi connectivity index (χ0) is 14.1. The van der Waals surface area contributed by atoms with Gasteiger partial charge >= 0.3 is 6.18 Å². The van der Waals surface area contributed by atoms with Gasteiger partial charge in [-0.3, -0.25) is 0 Å². The molecule has 0 amide bonds. The van der Waals surface area contributed by atoms with E-state index in [-0.39, 0.29) is 12.0 Å². The average Bonchev–Trinajstić information content (AvgIpc) is 2.31. The van der Waals surface area contributed by atoms with Gasteiger partial charge in [0.1, 0.15) is 5.82 Å². The summed E-state index contributed by atoms with van der Waals surface area (Å²) in [5, 5.41) is 13.3. The Morgan fingerprint density at radius 3 is 2.42 bits per heavy atom. The van der Waals surface area contributed by atoms with Gasteiger partial charge in [0.25, 0.3) is 0 Å². The van der Waals surface area contributed by atoms with Gasteiger partial charge in [0.2, 0.25) is 0 Å². The van der Waals surface area contributed by atoms with Crippen molar-refractivity contribution in [3.05, 3.63) is 35.1 Å². The zero-order valence-electron chi connectivity index (χ0n) is 10.2. The lowest BCUT2D eigenvalue weighted by Crippen LogP contribution is -2.43. The number of halogens is 4. The number of rotatable bonds is 2. The largest absolute Gasteiger partial charge is 0.416 e. The molecule has 2 N–H and O–H groups in total. The Morgan fingerprint density at radius 2 is 1.84 bits per heavy atom. The van der Waals surface area contributed by atoms with E-state index in [1.165, 1.54) is 0 Å². The minimum absolute atomic E-state index is 0.0571. The molecule has 1 saturated heterocycles. The third kappa shape index (κ3) is 3.45. The maximum absolute atomic E-state index is 13.0. The van der Waals surface area contributed by atoms with Crippen LogP contribution in [0.1, 0.15) is 24.0 Å². The van der Waals surface area contributed by atoms with Gasteiger partial charge in [-0.2, -0.15) is 13.2 Å². The smallest absolute Gasteiger partial charge is 0.389 e. The number of piperidine rings is 1. The average molecular weight is 277 g/mol. The van der Waals surface area contributed by atoms with E-state index in [2.05, 4.69) is 5.32 Å². The third-order valence-electron chi connectivity index (χ3n) is 3.43. The van der Waals surface area contributed by atoms with E-state index in [0.29, 0.717) is 32.0 Å². The molecule has 1 fully saturated rings. The van der Waals surface area contributed by atoms with Crippen LogP contribution in [0, 0.1) is 5.82 Å². The first-order valence-electron chi connectivity index (χ1n) is 6.09. The van der Waals surface area contributed by atoms with E-state index in [4.69, 9.17) is 0 Å². The van der Waals surface area contributed by atoms with Crippen LogP contribution < -0.4 is 5.32 Å². The third-order valence-corrected chi connectivity index (χ3v) is 3.43. The lowest BCUT2D eigenvalue weighted by atomic mass is 9.84. The van der Waals surface area contributed by atoms with Crippen LogP contribution >= 0.6 is 0 Å². The molecule has 1 aromatic rings. The fourth-order valence-corrected chi connectivity index (χ4v) is 2.39. The number of benzene rings is 1. The van der Waals surface area contributed by atoms with Crippen LogP contribution in [0.5, 0.6) is 0 Å². The van der Waals surface area contributed by atoms with Gasteiger partial charge < -0.3 is 10.4 Å². The van der Waals surface area contributed by atoms with Crippen molar-refractivity contribution < 1.29 is 22.7 Å². The van der Waals surface area contributed by atoms with E-state index in [1.807, 2.05) is 0 Å². The highest BCUT2D eigenvalue weighted by Gasteiger charge is 2.37. The Balaban J connectivity index is 2.29. The second-order valence-electron chi connectivity index (χ2n) is 4.95. The van der Waals surface area contributed by atoms with Crippen molar-refractivity contribution in [3.63, 3.8) is 0 Å². The van der Waals surface area contributed by atoms with Crippen LogP contribution in [-0.2, 0) is 12.6 Å². The topological polar surface area (TPSA) is 32.3 Å². The van der Waals surface area contributed by atoms with Crippen molar-refractivity contribution in [3.8, 4) is 0 Å². The normalized spacial score (nSPS) is 19.4. The number of hydrogen-bond donors (Lipinski definition) is 2. The summed E-state index contributed by atoms with van der Waals surface area (Å²) >= 11 is 0. The highest BCUT2D eigenvalue weighted by atomic mass is 19.4. The first-order chi connectivity index (χ1) is 8.80. The number of hydrogen-bond acceptors (Lipinski definition) is 2. The fraction of sp³-hybridized carbons (Fsp3) is 0.538. The molecule has 2 nitrogen and oxygen atoms in total. The van der Waals surface area contributed by atoms with Gasteiger partial charge in [0.05, 0.1) is 11.2 Å². The van der Waals surface area contributed by atoms with Crippen molar-refractivity contribution in [2.45, 2.75) is 31.0 Å². The van der Waals surface area contributed by atoms with E-state index in [9.17, 15) is 22.7 Å². The molecule has 19 heavy (non-hydrogen) atoms. The summed E-state index contributed by atoms with van der Waals surface area (Å²) in [5.41, 5.74) is -2.21. The van der Waals surface area contributed by atoms with Crippen LogP contribution in [0.15, 0.2) is 18.2 Å². The molecule has 1 aliphatic heterocycles. The van der Waals surface area contributed by atoms with E-state index >= 15 is 0 Å². The molecular formula is C13H15F4NO. The summed E-state index contributed by atoms with van der Waals surface area (Å²) in [4.78, 5) is 0. The summed E-state index contributed by atoms with van der Waals surface area (Å²) in [6.07, 6.45) is -3.94. The van der Waals surface area contributed by atoms with Crippen LogP contribution in [0.2, 0.25) is 0 Å². The molecule has 0 aromatic heterocycles. The van der Waals surface area contributed by atoms with Crippen molar-refractivity contribution in [1.82, 2.24) is 5.32 Å². The number of aliphatic hydroxyl groups is 1. The predicted octanol–water partition coefficient (Wildman–Crippen LogP) is 2.50. The Bertz CT molecular complexity index is 452. The van der Waals surface area contributed by atoms with Gasteiger partial charge in [-0.25, -0.2) is 4.39 Å². The Hall–Kier alpha value is -1.14. The molecule has 0 radical (unpaired) electrons. The van der Waals surface area contributed by atoms with Crippen molar-refractivity contribution in [2.24, 2.45) is 0 Å². The first kappa shape index (κ1) is 14.3. The second kappa shape index (κ2) is 5.09. The molecule has 1 aromatic carbocycles. The first-order valence-corrected chi connectivity index (χ1v) is 6.09. The molecule has 1 heterocycles.